The molecule has 3 heteroatoms. The number of amides is 1. The molecule has 0 aromatic heterocycles. The predicted molar refractivity (Wildman–Crippen MR) is 58.2 cm³/mol. The minimum atomic E-state index is 0.208. The molecule has 0 aliphatic heterocycles. The summed E-state index contributed by atoms with van der Waals surface area (Å²) in [6.45, 7) is 4.56. The molecule has 14 heavy (non-hydrogen) atoms. The highest BCUT2D eigenvalue weighted by molar-refractivity contribution is 5.73. The van der Waals surface area contributed by atoms with Gasteiger partial charge in [-0.25, -0.2) is 0 Å². The molecule has 0 spiro atoms. The van der Waals surface area contributed by atoms with Gasteiger partial charge in [0.1, 0.15) is 0 Å². The molecule has 1 amide bonds. The quantitative estimate of drug-likeness (QED) is 0.743. The molecule has 82 valence electrons. The summed E-state index contributed by atoms with van der Waals surface area (Å²) >= 11 is 0. The van der Waals surface area contributed by atoms with E-state index in [1.807, 2.05) is 11.9 Å². The van der Waals surface area contributed by atoms with E-state index in [1.54, 1.807) is 6.92 Å². The third-order valence-corrected chi connectivity index (χ3v) is 3.25. The molecular weight excluding hydrogens is 176 g/mol. The van der Waals surface area contributed by atoms with Crippen LogP contribution in [0, 0.1) is 0 Å². The Labute approximate surface area is 86.9 Å². The molecule has 0 radical (unpaired) electrons. The highest BCUT2D eigenvalue weighted by Crippen LogP contribution is 2.23. The van der Waals surface area contributed by atoms with Gasteiger partial charge in [0.15, 0.2) is 0 Å². The summed E-state index contributed by atoms with van der Waals surface area (Å²) in [7, 11) is 2.00. The molecule has 0 heterocycles. The Bertz CT molecular complexity index is 194. The Hall–Kier alpha value is -0.570. The van der Waals surface area contributed by atoms with Gasteiger partial charge in [-0.1, -0.05) is 12.8 Å². The van der Waals surface area contributed by atoms with Crippen LogP contribution in [0.1, 0.15) is 39.5 Å². The SMILES string of the molecule is CCN(C(C)=O)[C@@H]1CCCC[C@@H]1NC. The summed E-state index contributed by atoms with van der Waals surface area (Å²) in [5, 5.41) is 3.33. The molecule has 0 aromatic rings. The fourth-order valence-electron chi connectivity index (χ4n) is 2.51. The van der Waals surface area contributed by atoms with Crippen LogP contribution >= 0.6 is 0 Å². The smallest absolute Gasteiger partial charge is 0.219 e. The lowest BCUT2D eigenvalue weighted by Gasteiger charge is -2.39. The van der Waals surface area contributed by atoms with Crippen molar-refractivity contribution in [2.75, 3.05) is 13.6 Å². The molecule has 1 fully saturated rings. The molecule has 1 N–H and O–H groups in total. The molecule has 1 rings (SSSR count). The van der Waals surface area contributed by atoms with Gasteiger partial charge >= 0.3 is 0 Å². The zero-order chi connectivity index (χ0) is 10.6. The van der Waals surface area contributed by atoms with E-state index in [2.05, 4.69) is 12.2 Å². The van der Waals surface area contributed by atoms with Crippen molar-refractivity contribution in [3.63, 3.8) is 0 Å². The van der Waals surface area contributed by atoms with Crippen molar-refractivity contribution in [3.8, 4) is 0 Å². The van der Waals surface area contributed by atoms with Crippen LogP contribution in [0.3, 0.4) is 0 Å². The number of carbonyl (C=O) groups is 1. The lowest BCUT2D eigenvalue weighted by molar-refractivity contribution is -0.132. The second-order valence-corrected chi connectivity index (χ2v) is 4.05. The van der Waals surface area contributed by atoms with Gasteiger partial charge in [-0.15, -0.1) is 0 Å². The summed E-state index contributed by atoms with van der Waals surface area (Å²) in [5.41, 5.74) is 0. The summed E-state index contributed by atoms with van der Waals surface area (Å²) in [4.78, 5) is 13.4. The lowest BCUT2D eigenvalue weighted by atomic mass is 9.89. The number of nitrogens with one attached hydrogen (secondary N) is 1. The normalized spacial score (nSPS) is 27.4. The molecule has 1 aliphatic rings. The summed E-state index contributed by atoms with van der Waals surface area (Å²) in [6.07, 6.45) is 4.90. The zero-order valence-electron chi connectivity index (χ0n) is 9.55. The molecule has 1 aliphatic carbocycles. The molecular formula is C11H22N2O. The Morgan fingerprint density at radius 1 is 1.43 bits per heavy atom. The van der Waals surface area contributed by atoms with E-state index in [0.29, 0.717) is 12.1 Å². The van der Waals surface area contributed by atoms with Crippen molar-refractivity contribution in [2.24, 2.45) is 0 Å². The standard InChI is InChI=1S/C11H22N2O/c1-4-13(9(2)14)11-8-6-5-7-10(11)12-3/h10-12H,4-8H2,1-3H3/t10-,11+/m0/s1. The minimum absolute atomic E-state index is 0.208. The summed E-state index contributed by atoms with van der Waals surface area (Å²) in [5.74, 6) is 0.208. The monoisotopic (exact) mass is 198 g/mol. The first-order valence-electron chi connectivity index (χ1n) is 5.65. The topological polar surface area (TPSA) is 32.3 Å². The van der Waals surface area contributed by atoms with Crippen LogP contribution in [-0.2, 0) is 4.79 Å². The Morgan fingerprint density at radius 2 is 2.07 bits per heavy atom. The first-order valence-corrected chi connectivity index (χ1v) is 5.65. The molecule has 0 aromatic carbocycles. The molecule has 0 saturated heterocycles. The molecule has 1 saturated carbocycles. The number of hydrogen-bond donors (Lipinski definition) is 1. The van der Waals surface area contributed by atoms with Crippen molar-refractivity contribution >= 4 is 5.91 Å². The van der Waals surface area contributed by atoms with Crippen LogP contribution in [0.4, 0.5) is 0 Å². The first kappa shape index (κ1) is 11.5. The maximum atomic E-state index is 11.4. The fourth-order valence-corrected chi connectivity index (χ4v) is 2.51. The summed E-state index contributed by atoms with van der Waals surface area (Å²) in [6, 6.07) is 0.906. The predicted octanol–water partition coefficient (Wildman–Crippen LogP) is 1.39. The maximum Gasteiger partial charge on any atom is 0.219 e. The van der Waals surface area contributed by atoms with Crippen LogP contribution in [0.5, 0.6) is 0 Å². The van der Waals surface area contributed by atoms with E-state index in [4.69, 9.17) is 0 Å². The second-order valence-electron chi connectivity index (χ2n) is 4.05. The highest BCUT2D eigenvalue weighted by Gasteiger charge is 2.29. The van der Waals surface area contributed by atoms with E-state index >= 15 is 0 Å². The van der Waals surface area contributed by atoms with Gasteiger partial charge < -0.3 is 10.2 Å². The van der Waals surface area contributed by atoms with E-state index in [-0.39, 0.29) is 5.91 Å². The number of rotatable bonds is 3. The van der Waals surface area contributed by atoms with Crippen molar-refractivity contribution in [2.45, 2.75) is 51.6 Å². The van der Waals surface area contributed by atoms with Crippen LogP contribution in [-0.4, -0.2) is 36.5 Å². The van der Waals surface area contributed by atoms with Crippen LogP contribution in [0.15, 0.2) is 0 Å². The van der Waals surface area contributed by atoms with Gasteiger partial charge in [-0.2, -0.15) is 0 Å². The molecule has 3 nitrogen and oxygen atoms in total. The molecule has 0 bridgehead atoms. The number of carbonyl (C=O) groups excluding carboxylic acids is 1. The largest absolute Gasteiger partial charge is 0.339 e. The van der Waals surface area contributed by atoms with Crippen LogP contribution < -0.4 is 5.32 Å². The third kappa shape index (κ3) is 2.47. The van der Waals surface area contributed by atoms with E-state index in [1.165, 1.54) is 19.3 Å². The average molecular weight is 198 g/mol. The number of hydrogen-bond acceptors (Lipinski definition) is 2. The van der Waals surface area contributed by atoms with Gasteiger partial charge in [-0.3, -0.25) is 4.79 Å². The van der Waals surface area contributed by atoms with E-state index < -0.39 is 0 Å². The lowest BCUT2D eigenvalue weighted by Crippen LogP contribution is -2.52. The van der Waals surface area contributed by atoms with Crippen LogP contribution in [0.2, 0.25) is 0 Å². The van der Waals surface area contributed by atoms with Crippen molar-refractivity contribution < 1.29 is 4.79 Å². The molecule has 0 unspecified atom stereocenters. The minimum Gasteiger partial charge on any atom is -0.339 e. The fraction of sp³-hybridized carbons (Fsp3) is 0.909. The van der Waals surface area contributed by atoms with Gasteiger partial charge in [0, 0.05) is 25.6 Å². The number of nitrogens with zero attached hydrogens (tertiary/aromatic N) is 1. The van der Waals surface area contributed by atoms with Gasteiger partial charge in [-0.05, 0) is 26.8 Å². The zero-order valence-corrected chi connectivity index (χ0v) is 9.55. The van der Waals surface area contributed by atoms with Gasteiger partial charge in [0.25, 0.3) is 0 Å². The van der Waals surface area contributed by atoms with Crippen molar-refractivity contribution in [1.29, 1.82) is 0 Å². The summed E-state index contributed by atoms with van der Waals surface area (Å²) < 4.78 is 0. The van der Waals surface area contributed by atoms with Gasteiger partial charge in [0.2, 0.25) is 5.91 Å². The van der Waals surface area contributed by atoms with Crippen LogP contribution in [0.25, 0.3) is 0 Å². The highest BCUT2D eigenvalue weighted by atomic mass is 16.2. The second kappa shape index (κ2) is 5.35. The number of likely N-dealkylation sites (N-methyl/N-ethyl adjacent to an activating group) is 2. The Kier molecular flexibility index (Phi) is 4.39. The third-order valence-electron chi connectivity index (χ3n) is 3.25. The average Bonchev–Trinajstić information content (AvgIpc) is 2.19. The van der Waals surface area contributed by atoms with Gasteiger partial charge in [0.05, 0.1) is 0 Å². The van der Waals surface area contributed by atoms with E-state index in [0.717, 1.165) is 13.0 Å². The maximum absolute atomic E-state index is 11.4. The van der Waals surface area contributed by atoms with Crippen molar-refractivity contribution in [3.05, 3.63) is 0 Å². The Morgan fingerprint density at radius 3 is 2.57 bits per heavy atom. The Balaban J connectivity index is 2.65. The van der Waals surface area contributed by atoms with Crippen molar-refractivity contribution in [1.82, 2.24) is 10.2 Å². The molecule has 2 atom stereocenters. The first-order chi connectivity index (χ1) is 6.70. The van der Waals surface area contributed by atoms with E-state index in [9.17, 15) is 4.79 Å².